The van der Waals surface area contributed by atoms with Crippen LogP contribution in [0.15, 0.2) is 18.2 Å². The van der Waals surface area contributed by atoms with E-state index < -0.39 is 5.97 Å². The number of aromatic carboxylic acids is 1. The molecule has 6 nitrogen and oxygen atoms in total. The van der Waals surface area contributed by atoms with Crippen LogP contribution in [0, 0.1) is 5.92 Å². The van der Waals surface area contributed by atoms with E-state index in [1.165, 1.54) is 32.4 Å². The Kier molecular flexibility index (Phi) is 6.38. The lowest BCUT2D eigenvalue weighted by molar-refractivity contribution is -0.119. The van der Waals surface area contributed by atoms with E-state index in [1.54, 1.807) is 12.1 Å². The van der Waals surface area contributed by atoms with Crippen molar-refractivity contribution in [3.05, 3.63) is 23.8 Å². The van der Waals surface area contributed by atoms with Crippen LogP contribution in [0.1, 0.15) is 68.1 Å². The van der Waals surface area contributed by atoms with Crippen molar-refractivity contribution >= 4 is 23.3 Å². The van der Waals surface area contributed by atoms with Crippen molar-refractivity contribution in [3.63, 3.8) is 0 Å². The number of carbonyl (C=O) groups excluding carboxylic acids is 1. The van der Waals surface area contributed by atoms with Crippen molar-refractivity contribution in [2.24, 2.45) is 5.92 Å². The summed E-state index contributed by atoms with van der Waals surface area (Å²) in [5.41, 5.74) is 1.55. The maximum Gasteiger partial charge on any atom is 0.337 e. The van der Waals surface area contributed by atoms with Crippen LogP contribution in [0.4, 0.5) is 11.4 Å². The highest BCUT2D eigenvalue weighted by Gasteiger charge is 2.27. The predicted molar refractivity (Wildman–Crippen MR) is 115 cm³/mol. The molecule has 3 fully saturated rings. The van der Waals surface area contributed by atoms with Gasteiger partial charge in [0.1, 0.15) is 0 Å². The number of benzene rings is 1. The van der Waals surface area contributed by atoms with Gasteiger partial charge < -0.3 is 20.2 Å². The first-order valence-corrected chi connectivity index (χ1v) is 11.3. The summed E-state index contributed by atoms with van der Waals surface area (Å²) < 4.78 is 0. The number of carboxylic acid groups (broad SMARTS) is 1. The van der Waals surface area contributed by atoms with Crippen molar-refractivity contribution in [2.45, 2.75) is 63.8 Å². The molecule has 1 amide bonds. The van der Waals surface area contributed by atoms with Gasteiger partial charge >= 0.3 is 5.97 Å². The molecule has 0 radical (unpaired) electrons. The number of piperidine rings is 2. The van der Waals surface area contributed by atoms with E-state index in [2.05, 4.69) is 15.1 Å². The molecule has 3 aliphatic rings. The standard InChI is InChI=1S/C23H33N3O3/c27-22(17-6-2-3-7-17)24-21-9-8-19(16-20(21)23(28)29)26-14-10-18(11-15-26)25-12-4-1-5-13-25/h8-9,16-18H,1-7,10-15H2,(H,24,27)(H,28,29). The van der Waals surface area contributed by atoms with Gasteiger partial charge in [-0.25, -0.2) is 4.79 Å². The van der Waals surface area contributed by atoms with E-state index in [4.69, 9.17) is 0 Å². The molecule has 1 aromatic carbocycles. The lowest BCUT2D eigenvalue weighted by Crippen LogP contribution is -2.46. The van der Waals surface area contributed by atoms with Crippen LogP contribution in [0.25, 0.3) is 0 Å². The molecular formula is C23H33N3O3. The summed E-state index contributed by atoms with van der Waals surface area (Å²) in [6.07, 6.45) is 10.2. The molecule has 6 heteroatoms. The summed E-state index contributed by atoms with van der Waals surface area (Å²) in [5.74, 6) is -1.01. The second-order valence-electron chi connectivity index (χ2n) is 8.82. The Labute approximate surface area is 173 Å². The van der Waals surface area contributed by atoms with Gasteiger partial charge in [0.25, 0.3) is 0 Å². The van der Waals surface area contributed by atoms with Crippen molar-refractivity contribution in [1.82, 2.24) is 4.90 Å². The molecule has 2 heterocycles. The summed E-state index contributed by atoms with van der Waals surface area (Å²) in [5, 5.41) is 12.6. The number of hydrogen-bond donors (Lipinski definition) is 2. The fourth-order valence-corrected chi connectivity index (χ4v) is 5.21. The molecule has 0 spiro atoms. The molecule has 0 aromatic heterocycles. The number of amides is 1. The van der Waals surface area contributed by atoms with Gasteiger partial charge in [-0.3, -0.25) is 4.79 Å². The maximum absolute atomic E-state index is 12.4. The fourth-order valence-electron chi connectivity index (χ4n) is 5.21. The van der Waals surface area contributed by atoms with Crippen LogP contribution in [0.2, 0.25) is 0 Å². The number of nitrogens with one attached hydrogen (secondary N) is 1. The molecule has 0 bridgehead atoms. The first-order chi connectivity index (χ1) is 14.1. The number of anilines is 2. The Bertz CT molecular complexity index is 731. The van der Waals surface area contributed by atoms with E-state index in [9.17, 15) is 14.7 Å². The van der Waals surface area contributed by atoms with Gasteiger partial charge in [0.05, 0.1) is 11.3 Å². The zero-order valence-electron chi connectivity index (χ0n) is 17.2. The lowest BCUT2D eigenvalue weighted by Gasteiger charge is -2.41. The number of carboxylic acids is 1. The molecular weight excluding hydrogens is 366 g/mol. The van der Waals surface area contributed by atoms with Crippen molar-refractivity contribution in [3.8, 4) is 0 Å². The summed E-state index contributed by atoms with van der Waals surface area (Å²) >= 11 is 0. The topological polar surface area (TPSA) is 72.9 Å². The third kappa shape index (κ3) is 4.74. The number of carbonyl (C=O) groups is 2. The van der Waals surface area contributed by atoms with Gasteiger partial charge in [-0.2, -0.15) is 0 Å². The molecule has 29 heavy (non-hydrogen) atoms. The average molecular weight is 400 g/mol. The van der Waals surface area contributed by atoms with Crippen LogP contribution in [0.3, 0.4) is 0 Å². The molecule has 158 valence electrons. The minimum absolute atomic E-state index is 0.0186. The minimum atomic E-state index is -0.989. The first kappa shape index (κ1) is 20.2. The van der Waals surface area contributed by atoms with Crippen LogP contribution in [-0.2, 0) is 4.79 Å². The maximum atomic E-state index is 12.4. The van der Waals surface area contributed by atoms with Gasteiger partial charge in [-0.15, -0.1) is 0 Å². The number of rotatable bonds is 5. The van der Waals surface area contributed by atoms with Gasteiger partial charge in [0.15, 0.2) is 0 Å². The smallest absolute Gasteiger partial charge is 0.337 e. The van der Waals surface area contributed by atoms with Crippen molar-refractivity contribution in [2.75, 3.05) is 36.4 Å². The van der Waals surface area contributed by atoms with Crippen molar-refractivity contribution < 1.29 is 14.7 Å². The van der Waals surface area contributed by atoms with Crippen LogP contribution in [0.5, 0.6) is 0 Å². The number of nitrogens with zero attached hydrogens (tertiary/aromatic N) is 2. The van der Waals surface area contributed by atoms with Crippen LogP contribution >= 0.6 is 0 Å². The monoisotopic (exact) mass is 399 g/mol. The Balaban J connectivity index is 1.41. The van der Waals surface area contributed by atoms with Gasteiger partial charge in [-0.1, -0.05) is 19.3 Å². The van der Waals surface area contributed by atoms with E-state index in [0.29, 0.717) is 11.7 Å². The molecule has 0 atom stereocenters. The van der Waals surface area contributed by atoms with E-state index >= 15 is 0 Å². The lowest BCUT2D eigenvalue weighted by atomic mass is 9.99. The van der Waals surface area contributed by atoms with Gasteiger partial charge in [-0.05, 0) is 69.8 Å². The highest BCUT2D eigenvalue weighted by Crippen LogP contribution is 2.30. The van der Waals surface area contributed by atoms with Gasteiger partial charge in [0, 0.05) is 30.7 Å². The predicted octanol–water partition coefficient (Wildman–Crippen LogP) is 3.97. The first-order valence-electron chi connectivity index (χ1n) is 11.3. The second-order valence-corrected chi connectivity index (χ2v) is 8.82. The molecule has 4 rings (SSSR count). The highest BCUT2D eigenvalue weighted by molar-refractivity contribution is 6.02. The molecule has 1 aromatic rings. The Morgan fingerprint density at radius 3 is 2.24 bits per heavy atom. The SMILES string of the molecule is O=C(O)c1cc(N2CCC(N3CCCCC3)CC2)ccc1NC(=O)C1CCCC1. The Morgan fingerprint density at radius 2 is 1.59 bits per heavy atom. The minimum Gasteiger partial charge on any atom is -0.478 e. The second kappa shape index (κ2) is 9.16. The van der Waals surface area contributed by atoms with E-state index in [0.717, 1.165) is 57.3 Å². The van der Waals surface area contributed by atoms with Crippen LogP contribution in [-0.4, -0.2) is 54.1 Å². The molecule has 0 unspecified atom stereocenters. The summed E-state index contributed by atoms with van der Waals surface area (Å²) in [6, 6.07) is 6.11. The summed E-state index contributed by atoms with van der Waals surface area (Å²) in [7, 11) is 0. The molecule has 2 aliphatic heterocycles. The van der Waals surface area contributed by atoms with Gasteiger partial charge in [0.2, 0.25) is 5.91 Å². The summed E-state index contributed by atoms with van der Waals surface area (Å²) in [6.45, 7) is 4.36. The fraction of sp³-hybridized carbons (Fsp3) is 0.652. The largest absolute Gasteiger partial charge is 0.478 e. The zero-order valence-corrected chi connectivity index (χ0v) is 17.2. The third-order valence-electron chi connectivity index (χ3n) is 6.95. The number of likely N-dealkylation sites (tertiary alicyclic amines) is 1. The average Bonchev–Trinajstić information content (AvgIpc) is 3.30. The molecule has 2 N–H and O–H groups in total. The quantitative estimate of drug-likeness (QED) is 0.784. The zero-order chi connectivity index (χ0) is 20.2. The molecule has 2 saturated heterocycles. The highest BCUT2D eigenvalue weighted by atomic mass is 16.4. The number of hydrogen-bond acceptors (Lipinski definition) is 4. The van der Waals surface area contributed by atoms with E-state index in [-0.39, 0.29) is 17.4 Å². The molecule has 1 saturated carbocycles. The molecule has 1 aliphatic carbocycles. The normalized spacial score (nSPS) is 22.0. The van der Waals surface area contributed by atoms with Crippen molar-refractivity contribution in [1.29, 1.82) is 0 Å². The Morgan fingerprint density at radius 1 is 0.897 bits per heavy atom. The Hall–Kier alpha value is -2.08. The summed E-state index contributed by atoms with van der Waals surface area (Å²) in [4.78, 5) is 29.2. The van der Waals surface area contributed by atoms with E-state index in [1.807, 2.05) is 6.07 Å². The third-order valence-corrected chi connectivity index (χ3v) is 6.95. The van der Waals surface area contributed by atoms with Crippen LogP contribution < -0.4 is 10.2 Å².